The maximum Gasteiger partial charge on any atom is 0.340 e. The topological polar surface area (TPSA) is 138 Å². The van der Waals surface area contributed by atoms with E-state index in [2.05, 4.69) is 5.32 Å². The summed E-state index contributed by atoms with van der Waals surface area (Å²) in [6.45, 7) is 1.21. The third-order valence-electron chi connectivity index (χ3n) is 4.05. The number of non-ortho nitro benzene ring substituents is 1. The standard InChI is InChI=1S/C19H17N3O6/c1-11(17-8-12-4-2-3-5-16(12)28-17)21-18(23)10-27-19(24)14-7-6-13(22(25)26)9-15(14)20/h2-9,11H,10,20H2,1H3,(H,21,23)/t11-/m0/s1. The van der Waals surface area contributed by atoms with E-state index in [0.29, 0.717) is 11.3 Å². The van der Waals surface area contributed by atoms with Gasteiger partial charge in [-0.3, -0.25) is 14.9 Å². The van der Waals surface area contributed by atoms with Crippen molar-refractivity contribution in [3.05, 3.63) is 70.0 Å². The number of ether oxygens (including phenoxy) is 1. The van der Waals surface area contributed by atoms with Crippen LogP contribution in [0, 0.1) is 10.1 Å². The summed E-state index contributed by atoms with van der Waals surface area (Å²) in [7, 11) is 0. The van der Waals surface area contributed by atoms with Crippen molar-refractivity contribution in [2.75, 3.05) is 12.3 Å². The number of rotatable bonds is 6. The van der Waals surface area contributed by atoms with Gasteiger partial charge in [0.2, 0.25) is 0 Å². The minimum absolute atomic E-state index is 0.0521. The highest BCUT2D eigenvalue weighted by molar-refractivity contribution is 5.96. The number of benzene rings is 2. The zero-order valence-electron chi connectivity index (χ0n) is 14.9. The van der Waals surface area contributed by atoms with E-state index in [1.54, 1.807) is 6.92 Å². The molecular formula is C19H17N3O6. The molecule has 3 rings (SSSR count). The molecule has 9 nitrogen and oxygen atoms in total. The molecule has 3 aromatic rings. The van der Waals surface area contributed by atoms with E-state index in [4.69, 9.17) is 14.9 Å². The number of esters is 1. The zero-order chi connectivity index (χ0) is 20.3. The van der Waals surface area contributed by atoms with E-state index in [-0.39, 0.29) is 16.9 Å². The molecule has 0 unspecified atom stereocenters. The number of nitro groups is 1. The van der Waals surface area contributed by atoms with E-state index in [1.807, 2.05) is 30.3 Å². The molecule has 0 saturated heterocycles. The van der Waals surface area contributed by atoms with Gasteiger partial charge < -0.3 is 20.2 Å². The van der Waals surface area contributed by atoms with Crippen LogP contribution in [0.3, 0.4) is 0 Å². The lowest BCUT2D eigenvalue weighted by atomic mass is 10.1. The second-order valence-corrected chi connectivity index (χ2v) is 6.08. The molecule has 0 spiro atoms. The molecule has 0 saturated carbocycles. The number of para-hydroxylation sites is 1. The number of nitrogens with two attached hydrogens (primary N) is 1. The van der Waals surface area contributed by atoms with E-state index < -0.39 is 29.4 Å². The molecule has 0 bridgehead atoms. The monoisotopic (exact) mass is 383 g/mol. The van der Waals surface area contributed by atoms with Gasteiger partial charge in [-0.2, -0.15) is 0 Å². The number of carbonyl (C=O) groups is 2. The van der Waals surface area contributed by atoms with Gasteiger partial charge in [-0.15, -0.1) is 0 Å². The molecule has 2 aromatic carbocycles. The Morgan fingerprint density at radius 3 is 2.68 bits per heavy atom. The van der Waals surface area contributed by atoms with Gasteiger partial charge >= 0.3 is 5.97 Å². The number of amides is 1. The van der Waals surface area contributed by atoms with Gasteiger partial charge in [0.05, 0.1) is 22.2 Å². The van der Waals surface area contributed by atoms with Gasteiger partial charge in [-0.1, -0.05) is 18.2 Å². The Balaban J connectivity index is 1.57. The number of hydrogen-bond acceptors (Lipinski definition) is 7. The van der Waals surface area contributed by atoms with Gasteiger partial charge in [-0.25, -0.2) is 4.79 Å². The van der Waals surface area contributed by atoms with Crippen LogP contribution in [0.25, 0.3) is 11.0 Å². The maximum atomic E-state index is 12.1. The van der Waals surface area contributed by atoms with Crippen LogP contribution in [0.1, 0.15) is 29.1 Å². The number of anilines is 1. The number of furan rings is 1. The molecule has 0 aliphatic carbocycles. The Morgan fingerprint density at radius 1 is 1.25 bits per heavy atom. The average Bonchev–Trinajstić information content (AvgIpc) is 3.10. The third kappa shape index (κ3) is 4.09. The first-order valence-corrected chi connectivity index (χ1v) is 8.34. The Bertz CT molecular complexity index is 1030. The lowest BCUT2D eigenvalue weighted by molar-refractivity contribution is -0.384. The lowest BCUT2D eigenvalue weighted by Crippen LogP contribution is -2.31. The highest BCUT2D eigenvalue weighted by atomic mass is 16.6. The van der Waals surface area contributed by atoms with Crippen molar-refractivity contribution >= 4 is 34.2 Å². The molecule has 1 amide bonds. The van der Waals surface area contributed by atoms with Crippen molar-refractivity contribution < 1.29 is 23.7 Å². The van der Waals surface area contributed by atoms with Crippen LogP contribution in [0.4, 0.5) is 11.4 Å². The number of nitrogens with zero attached hydrogens (tertiary/aromatic N) is 1. The van der Waals surface area contributed by atoms with Crippen LogP contribution in [0.5, 0.6) is 0 Å². The van der Waals surface area contributed by atoms with Crippen LogP contribution < -0.4 is 11.1 Å². The normalized spacial score (nSPS) is 11.8. The minimum Gasteiger partial charge on any atom is -0.459 e. The Morgan fingerprint density at radius 2 is 2.00 bits per heavy atom. The Labute approximate surface area is 159 Å². The number of carbonyl (C=O) groups excluding carboxylic acids is 2. The van der Waals surface area contributed by atoms with Crippen molar-refractivity contribution in [3.8, 4) is 0 Å². The Hall–Kier alpha value is -3.88. The number of nitrogens with one attached hydrogen (secondary N) is 1. The summed E-state index contributed by atoms with van der Waals surface area (Å²) >= 11 is 0. The van der Waals surface area contributed by atoms with E-state index >= 15 is 0 Å². The van der Waals surface area contributed by atoms with E-state index in [1.165, 1.54) is 6.07 Å². The highest BCUT2D eigenvalue weighted by Gasteiger charge is 2.18. The summed E-state index contributed by atoms with van der Waals surface area (Å²) < 4.78 is 10.6. The van der Waals surface area contributed by atoms with Gasteiger partial charge in [0, 0.05) is 17.5 Å². The highest BCUT2D eigenvalue weighted by Crippen LogP contribution is 2.23. The number of hydrogen-bond donors (Lipinski definition) is 2. The van der Waals surface area contributed by atoms with Gasteiger partial charge in [0.25, 0.3) is 11.6 Å². The maximum absolute atomic E-state index is 12.1. The van der Waals surface area contributed by atoms with Gasteiger partial charge in [0.15, 0.2) is 6.61 Å². The molecule has 0 radical (unpaired) electrons. The average molecular weight is 383 g/mol. The summed E-state index contributed by atoms with van der Waals surface area (Å²) in [5, 5.41) is 14.3. The predicted molar refractivity (Wildman–Crippen MR) is 101 cm³/mol. The number of nitro benzene ring substituents is 1. The SMILES string of the molecule is C[C@H](NC(=O)COC(=O)c1ccc([N+](=O)[O-])cc1N)c1cc2ccccc2o1. The summed E-state index contributed by atoms with van der Waals surface area (Å²) in [6, 6.07) is 12.2. The van der Waals surface area contributed by atoms with Crippen LogP contribution in [-0.2, 0) is 9.53 Å². The molecule has 1 aromatic heterocycles. The Kier molecular flexibility index (Phi) is 5.25. The lowest BCUT2D eigenvalue weighted by Gasteiger charge is -2.12. The fourth-order valence-electron chi connectivity index (χ4n) is 2.63. The van der Waals surface area contributed by atoms with E-state index in [9.17, 15) is 19.7 Å². The molecule has 1 atom stereocenters. The van der Waals surface area contributed by atoms with Crippen molar-refractivity contribution in [1.82, 2.24) is 5.32 Å². The van der Waals surface area contributed by atoms with Crippen molar-refractivity contribution in [1.29, 1.82) is 0 Å². The van der Waals surface area contributed by atoms with E-state index in [0.717, 1.165) is 17.5 Å². The molecule has 0 aliphatic rings. The summed E-state index contributed by atoms with van der Waals surface area (Å²) in [5.74, 6) is -0.804. The molecule has 144 valence electrons. The number of fused-ring (bicyclic) bond motifs is 1. The number of nitrogen functional groups attached to an aromatic ring is 1. The second-order valence-electron chi connectivity index (χ2n) is 6.08. The summed E-state index contributed by atoms with van der Waals surface area (Å²) in [5.41, 5.74) is 5.95. The fourth-order valence-corrected chi connectivity index (χ4v) is 2.63. The summed E-state index contributed by atoms with van der Waals surface area (Å²) in [4.78, 5) is 34.2. The molecule has 9 heteroatoms. The molecule has 0 fully saturated rings. The smallest absolute Gasteiger partial charge is 0.340 e. The van der Waals surface area contributed by atoms with Gasteiger partial charge in [-0.05, 0) is 25.1 Å². The second kappa shape index (κ2) is 7.78. The van der Waals surface area contributed by atoms with Crippen LogP contribution in [0.2, 0.25) is 0 Å². The fraction of sp³-hybridized carbons (Fsp3) is 0.158. The van der Waals surface area contributed by atoms with Crippen LogP contribution in [-0.4, -0.2) is 23.4 Å². The summed E-state index contributed by atoms with van der Waals surface area (Å²) in [6.07, 6.45) is 0. The first kappa shape index (κ1) is 18.9. The third-order valence-corrected chi connectivity index (χ3v) is 4.05. The minimum atomic E-state index is -0.848. The van der Waals surface area contributed by atoms with Crippen molar-refractivity contribution in [2.24, 2.45) is 0 Å². The van der Waals surface area contributed by atoms with Crippen molar-refractivity contribution in [2.45, 2.75) is 13.0 Å². The largest absolute Gasteiger partial charge is 0.459 e. The van der Waals surface area contributed by atoms with Crippen molar-refractivity contribution in [3.63, 3.8) is 0 Å². The molecular weight excluding hydrogens is 366 g/mol. The molecule has 0 aliphatic heterocycles. The predicted octanol–water partition coefficient (Wildman–Crippen LogP) is 2.96. The molecule has 1 heterocycles. The van der Waals surface area contributed by atoms with Crippen LogP contribution in [0.15, 0.2) is 52.9 Å². The quantitative estimate of drug-likeness (QED) is 0.289. The van der Waals surface area contributed by atoms with Crippen LogP contribution >= 0.6 is 0 Å². The first-order valence-electron chi connectivity index (χ1n) is 8.34. The zero-order valence-corrected chi connectivity index (χ0v) is 14.9. The van der Waals surface area contributed by atoms with Gasteiger partial charge in [0.1, 0.15) is 11.3 Å². The molecule has 28 heavy (non-hydrogen) atoms. The first-order chi connectivity index (χ1) is 13.3. The molecule has 3 N–H and O–H groups in total.